The van der Waals surface area contributed by atoms with Gasteiger partial charge in [-0.2, -0.15) is 0 Å². The summed E-state index contributed by atoms with van der Waals surface area (Å²) < 4.78 is 6.40. The van der Waals surface area contributed by atoms with Crippen LogP contribution in [0.1, 0.15) is 5.56 Å². The first-order valence-electron chi connectivity index (χ1n) is 6.03. The molecule has 19 heavy (non-hydrogen) atoms. The number of methoxy groups -OCH3 is 1. The number of anilines is 2. The van der Waals surface area contributed by atoms with Crippen LogP contribution in [0.3, 0.4) is 0 Å². The number of benzene rings is 2. The van der Waals surface area contributed by atoms with Crippen molar-refractivity contribution in [3.63, 3.8) is 0 Å². The lowest BCUT2D eigenvalue weighted by atomic mass is 10.2. The molecule has 0 spiro atoms. The van der Waals surface area contributed by atoms with E-state index < -0.39 is 0 Å². The van der Waals surface area contributed by atoms with Crippen LogP contribution < -0.4 is 10.1 Å². The summed E-state index contributed by atoms with van der Waals surface area (Å²) in [7, 11) is 1.67. The van der Waals surface area contributed by atoms with E-state index in [-0.39, 0.29) is 0 Å². The van der Waals surface area contributed by atoms with E-state index in [2.05, 4.69) is 35.4 Å². The quantitative estimate of drug-likeness (QED) is 0.768. The molecule has 0 unspecified atom stereocenters. The van der Waals surface area contributed by atoms with Crippen LogP contribution in [-0.2, 0) is 0 Å². The maximum absolute atomic E-state index is 5.21. The molecule has 1 heterocycles. The van der Waals surface area contributed by atoms with Gasteiger partial charge in [-0.1, -0.05) is 23.5 Å². The summed E-state index contributed by atoms with van der Waals surface area (Å²) >= 11 is 1.65. The Labute approximate surface area is 115 Å². The first-order valence-corrected chi connectivity index (χ1v) is 6.84. The third-order valence-corrected chi connectivity index (χ3v) is 3.82. The third-order valence-electron chi connectivity index (χ3n) is 2.86. The highest BCUT2D eigenvalue weighted by atomic mass is 32.1. The van der Waals surface area contributed by atoms with Gasteiger partial charge in [0, 0.05) is 11.8 Å². The van der Waals surface area contributed by atoms with Crippen LogP contribution in [0, 0.1) is 6.92 Å². The van der Waals surface area contributed by atoms with Gasteiger partial charge in [0.2, 0.25) is 0 Å². The van der Waals surface area contributed by atoms with Crippen LogP contribution in [0.2, 0.25) is 0 Å². The van der Waals surface area contributed by atoms with Crippen molar-refractivity contribution in [2.24, 2.45) is 0 Å². The Morgan fingerprint density at radius 1 is 1.16 bits per heavy atom. The number of ether oxygens (including phenoxy) is 1. The van der Waals surface area contributed by atoms with Crippen molar-refractivity contribution in [3.8, 4) is 5.75 Å². The molecule has 4 heteroatoms. The Morgan fingerprint density at radius 3 is 2.89 bits per heavy atom. The van der Waals surface area contributed by atoms with Crippen LogP contribution in [0.5, 0.6) is 5.75 Å². The fourth-order valence-electron chi connectivity index (χ4n) is 1.92. The molecule has 3 nitrogen and oxygen atoms in total. The molecule has 3 rings (SSSR count). The molecular formula is C15H14N2OS. The number of aryl methyl sites for hydroxylation is 1. The molecular weight excluding hydrogens is 256 g/mol. The van der Waals surface area contributed by atoms with Gasteiger partial charge < -0.3 is 10.1 Å². The van der Waals surface area contributed by atoms with Gasteiger partial charge in [-0.25, -0.2) is 4.98 Å². The average molecular weight is 270 g/mol. The van der Waals surface area contributed by atoms with E-state index in [0.29, 0.717) is 0 Å². The molecule has 3 aromatic rings. The minimum absolute atomic E-state index is 0.835. The average Bonchev–Trinajstić information content (AvgIpc) is 2.80. The first-order chi connectivity index (χ1) is 9.24. The molecule has 2 aromatic carbocycles. The van der Waals surface area contributed by atoms with E-state index in [1.54, 1.807) is 18.4 Å². The zero-order valence-electron chi connectivity index (χ0n) is 10.8. The smallest absolute Gasteiger partial charge is 0.188 e. The molecule has 1 aromatic heterocycles. The van der Waals surface area contributed by atoms with E-state index in [4.69, 9.17) is 4.74 Å². The third kappa shape index (κ3) is 2.53. The maximum Gasteiger partial charge on any atom is 0.188 e. The minimum Gasteiger partial charge on any atom is -0.497 e. The molecule has 0 saturated carbocycles. The minimum atomic E-state index is 0.835. The highest BCUT2D eigenvalue weighted by molar-refractivity contribution is 7.22. The predicted molar refractivity (Wildman–Crippen MR) is 80.6 cm³/mol. The van der Waals surface area contributed by atoms with Crippen LogP contribution in [0.25, 0.3) is 10.2 Å². The normalized spacial score (nSPS) is 10.6. The highest BCUT2D eigenvalue weighted by Crippen LogP contribution is 2.29. The van der Waals surface area contributed by atoms with E-state index in [1.807, 2.05) is 24.3 Å². The number of nitrogens with one attached hydrogen (secondary N) is 1. The van der Waals surface area contributed by atoms with Crippen LogP contribution >= 0.6 is 11.3 Å². The molecule has 0 bridgehead atoms. The molecule has 0 amide bonds. The summed E-state index contributed by atoms with van der Waals surface area (Å²) in [5, 5.41) is 4.21. The second-order valence-corrected chi connectivity index (χ2v) is 5.38. The number of nitrogens with zero attached hydrogens (tertiary/aromatic N) is 1. The van der Waals surface area contributed by atoms with Gasteiger partial charge in [-0.15, -0.1) is 0 Å². The Kier molecular flexibility index (Phi) is 3.09. The Morgan fingerprint density at radius 2 is 2.05 bits per heavy atom. The van der Waals surface area contributed by atoms with Crippen molar-refractivity contribution in [1.29, 1.82) is 0 Å². The largest absolute Gasteiger partial charge is 0.497 e. The fraction of sp³-hybridized carbons (Fsp3) is 0.133. The van der Waals surface area contributed by atoms with Crippen molar-refractivity contribution in [1.82, 2.24) is 4.98 Å². The van der Waals surface area contributed by atoms with Gasteiger partial charge in [0.05, 0.1) is 17.3 Å². The van der Waals surface area contributed by atoms with Crippen molar-refractivity contribution < 1.29 is 4.74 Å². The van der Waals surface area contributed by atoms with E-state index in [1.165, 1.54) is 10.3 Å². The Hall–Kier alpha value is -2.07. The highest BCUT2D eigenvalue weighted by Gasteiger charge is 2.04. The van der Waals surface area contributed by atoms with Crippen molar-refractivity contribution in [2.75, 3.05) is 12.4 Å². The number of hydrogen-bond donors (Lipinski definition) is 1. The van der Waals surface area contributed by atoms with Gasteiger partial charge in [0.25, 0.3) is 0 Å². The number of thiazole rings is 1. The monoisotopic (exact) mass is 270 g/mol. The Balaban J connectivity index is 1.92. The topological polar surface area (TPSA) is 34.1 Å². The summed E-state index contributed by atoms with van der Waals surface area (Å²) in [5.41, 5.74) is 3.25. The summed E-state index contributed by atoms with van der Waals surface area (Å²) in [6.07, 6.45) is 0. The molecule has 0 aliphatic carbocycles. The molecule has 0 aliphatic heterocycles. The van der Waals surface area contributed by atoms with Crippen molar-refractivity contribution in [3.05, 3.63) is 48.0 Å². The second-order valence-electron chi connectivity index (χ2n) is 4.35. The molecule has 0 saturated heterocycles. The van der Waals surface area contributed by atoms with Gasteiger partial charge >= 0.3 is 0 Å². The second kappa shape index (κ2) is 4.90. The van der Waals surface area contributed by atoms with E-state index in [0.717, 1.165) is 22.1 Å². The lowest BCUT2D eigenvalue weighted by Crippen LogP contribution is -1.90. The zero-order chi connectivity index (χ0) is 13.2. The van der Waals surface area contributed by atoms with Gasteiger partial charge in [-0.05, 0) is 36.8 Å². The standard InChI is InChI=1S/C15H14N2OS/c1-10-6-7-14-13(8-10)17-15(19-14)16-11-4-3-5-12(9-11)18-2/h3-9H,1-2H3,(H,16,17). The molecule has 0 atom stereocenters. The SMILES string of the molecule is COc1cccc(Nc2nc3cc(C)ccc3s2)c1. The van der Waals surface area contributed by atoms with E-state index >= 15 is 0 Å². The molecule has 0 fully saturated rings. The molecule has 0 aliphatic rings. The lowest BCUT2D eigenvalue weighted by Gasteiger charge is -2.04. The maximum atomic E-state index is 5.21. The first kappa shape index (κ1) is 12.0. The van der Waals surface area contributed by atoms with Gasteiger partial charge in [0.1, 0.15) is 5.75 Å². The predicted octanol–water partition coefficient (Wildman–Crippen LogP) is 4.36. The molecule has 0 radical (unpaired) electrons. The summed E-state index contributed by atoms with van der Waals surface area (Å²) in [5.74, 6) is 0.835. The molecule has 1 N–H and O–H groups in total. The lowest BCUT2D eigenvalue weighted by molar-refractivity contribution is 0.415. The number of fused-ring (bicyclic) bond motifs is 1. The van der Waals surface area contributed by atoms with Crippen LogP contribution in [0.15, 0.2) is 42.5 Å². The number of hydrogen-bond acceptors (Lipinski definition) is 4. The number of rotatable bonds is 3. The summed E-state index contributed by atoms with van der Waals surface area (Å²) in [6, 6.07) is 14.2. The van der Waals surface area contributed by atoms with Crippen molar-refractivity contribution in [2.45, 2.75) is 6.92 Å². The zero-order valence-corrected chi connectivity index (χ0v) is 11.6. The van der Waals surface area contributed by atoms with Gasteiger partial charge in [0.15, 0.2) is 5.13 Å². The number of aromatic nitrogens is 1. The Bertz CT molecular complexity index is 721. The van der Waals surface area contributed by atoms with Crippen molar-refractivity contribution >= 4 is 32.4 Å². The summed E-state index contributed by atoms with van der Waals surface area (Å²) in [4.78, 5) is 4.59. The van der Waals surface area contributed by atoms with Crippen LogP contribution in [-0.4, -0.2) is 12.1 Å². The van der Waals surface area contributed by atoms with E-state index in [9.17, 15) is 0 Å². The van der Waals surface area contributed by atoms with Crippen LogP contribution in [0.4, 0.5) is 10.8 Å². The fourth-order valence-corrected chi connectivity index (χ4v) is 2.78. The summed E-state index contributed by atoms with van der Waals surface area (Å²) in [6.45, 7) is 2.08. The molecule has 96 valence electrons. The van der Waals surface area contributed by atoms with Gasteiger partial charge in [-0.3, -0.25) is 0 Å².